The zero-order valence-corrected chi connectivity index (χ0v) is 11.7. The van der Waals surface area contributed by atoms with Gasteiger partial charge in [0, 0.05) is 17.9 Å². The van der Waals surface area contributed by atoms with Crippen LogP contribution >= 0.6 is 0 Å². The lowest BCUT2D eigenvalue weighted by atomic mass is 9.59. The van der Waals surface area contributed by atoms with E-state index in [0.717, 1.165) is 17.4 Å². The van der Waals surface area contributed by atoms with Gasteiger partial charge in [0.05, 0.1) is 12.5 Å². The van der Waals surface area contributed by atoms with E-state index in [1.54, 1.807) is 13.2 Å². The van der Waals surface area contributed by atoms with E-state index in [-0.39, 0.29) is 5.92 Å². The number of aliphatic hydroxyl groups is 1. The van der Waals surface area contributed by atoms with Crippen molar-refractivity contribution in [3.05, 3.63) is 41.5 Å². The highest BCUT2D eigenvalue weighted by atomic mass is 16.5. The molecule has 1 aliphatic heterocycles. The molecule has 1 aromatic carbocycles. The Kier molecular flexibility index (Phi) is 2.54. The summed E-state index contributed by atoms with van der Waals surface area (Å²) in [4.78, 5) is 11.3. The number of carbonyl (C=O) groups excluding carboxylic acids is 1. The number of aldehydes is 1. The molecule has 4 heteroatoms. The van der Waals surface area contributed by atoms with E-state index >= 15 is 0 Å². The summed E-state index contributed by atoms with van der Waals surface area (Å²) in [7, 11) is 1.60. The lowest BCUT2D eigenvalue weighted by Crippen LogP contribution is -2.52. The number of carbonyl (C=O) groups is 1. The molecule has 0 spiro atoms. The lowest BCUT2D eigenvalue weighted by molar-refractivity contribution is -0.110. The number of hydrogen-bond acceptors (Lipinski definition) is 4. The fraction of sp³-hybridized carbons (Fsp3) is 0.353. The molecule has 1 heterocycles. The van der Waals surface area contributed by atoms with Gasteiger partial charge in [-0.15, -0.1) is 0 Å². The molecule has 4 atom stereocenters. The van der Waals surface area contributed by atoms with E-state index < -0.39 is 17.6 Å². The molecule has 4 rings (SSSR count). The van der Waals surface area contributed by atoms with Crippen LogP contribution in [0.1, 0.15) is 17.5 Å². The maximum Gasteiger partial charge on any atom is 0.166 e. The van der Waals surface area contributed by atoms with Gasteiger partial charge >= 0.3 is 0 Å². The van der Waals surface area contributed by atoms with Crippen LogP contribution in [0.2, 0.25) is 0 Å². The Morgan fingerprint density at radius 1 is 1.38 bits per heavy atom. The van der Waals surface area contributed by atoms with Gasteiger partial charge in [-0.2, -0.15) is 0 Å². The Bertz CT molecular complexity index is 676. The largest absolute Gasteiger partial charge is 0.493 e. The molecule has 2 aliphatic carbocycles. The van der Waals surface area contributed by atoms with Crippen LogP contribution in [0.4, 0.5) is 0 Å². The van der Waals surface area contributed by atoms with Gasteiger partial charge in [-0.3, -0.25) is 0 Å². The smallest absolute Gasteiger partial charge is 0.166 e. The van der Waals surface area contributed by atoms with E-state index in [4.69, 9.17) is 9.47 Å². The first-order chi connectivity index (χ1) is 10.2. The molecule has 3 aliphatic rings. The molecule has 1 aromatic rings. The van der Waals surface area contributed by atoms with E-state index in [1.807, 2.05) is 18.2 Å². The third kappa shape index (κ3) is 1.40. The Morgan fingerprint density at radius 2 is 2.24 bits per heavy atom. The number of allylic oxidation sites excluding steroid dienone is 2. The average Bonchev–Trinajstić information content (AvgIpc) is 2.85. The van der Waals surface area contributed by atoms with Gasteiger partial charge in [-0.05, 0) is 11.6 Å². The Morgan fingerprint density at radius 3 is 3.00 bits per heavy atom. The number of aliphatic hydroxyl groups excluding tert-OH is 1. The van der Waals surface area contributed by atoms with Gasteiger partial charge < -0.3 is 19.4 Å². The summed E-state index contributed by atoms with van der Waals surface area (Å²) in [5, 5.41) is 10.3. The van der Waals surface area contributed by atoms with Crippen LogP contribution in [0.15, 0.2) is 30.4 Å². The van der Waals surface area contributed by atoms with Crippen LogP contribution in [0, 0.1) is 5.92 Å². The number of methoxy groups -OCH3 is 1. The summed E-state index contributed by atoms with van der Waals surface area (Å²) in [6.07, 6.45) is 7.94. The van der Waals surface area contributed by atoms with E-state index in [2.05, 4.69) is 12.2 Å². The Hall–Kier alpha value is -2.07. The number of benzene rings is 1. The predicted octanol–water partition coefficient (Wildman–Crippen LogP) is 1.86. The number of rotatable bonds is 3. The van der Waals surface area contributed by atoms with Crippen LogP contribution in [-0.4, -0.2) is 30.7 Å². The van der Waals surface area contributed by atoms with Gasteiger partial charge in [-0.25, -0.2) is 0 Å². The third-order valence-corrected chi connectivity index (χ3v) is 4.92. The molecule has 4 nitrogen and oxygen atoms in total. The minimum absolute atomic E-state index is 0.0527. The molecule has 0 amide bonds. The first-order valence-corrected chi connectivity index (χ1v) is 7.08. The minimum atomic E-state index is -0.724. The normalized spacial score (nSPS) is 34.3. The van der Waals surface area contributed by atoms with Gasteiger partial charge in [0.15, 0.2) is 11.5 Å². The van der Waals surface area contributed by atoms with Gasteiger partial charge in [0.25, 0.3) is 0 Å². The zero-order chi connectivity index (χ0) is 14.6. The minimum Gasteiger partial charge on any atom is -0.493 e. The second-order valence-electron chi connectivity index (χ2n) is 5.77. The van der Waals surface area contributed by atoms with E-state index in [1.165, 1.54) is 0 Å². The van der Waals surface area contributed by atoms with Gasteiger partial charge in [0.1, 0.15) is 18.5 Å². The van der Waals surface area contributed by atoms with E-state index in [9.17, 15) is 9.90 Å². The Labute approximate surface area is 122 Å². The predicted molar refractivity (Wildman–Crippen MR) is 77.4 cm³/mol. The first kappa shape index (κ1) is 12.7. The molecular formula is C17H16O4. The molecular weight excluding hydrogens is 268 g/mol. The van der Waals surface area contributed by atoms with Crippen molar-refractivity contribution in [1.82, 2.24) is 0 Å². The fourth-order valence-electron chi connectivity index (χ4n) is 4.02. The quantitative estimate of drug-likeness (QED) is 0.680. The molecule has 108 valence electrons. The Balaban J connectivity index is 2.04. The van der Waals surface area contributed by atoms with Crippen molar-refractivity contribution in [1.29, 1.82) is 0 Å². The zero-order valence-electron chi connectivity index (χ0n) is 11.7. The molecule has 0 saturated carbocycles. The topological polar surface area (TPSA) is 55.8 Å². The molecule has 0 bridgehead atoms. The SMILES string of the molecule is COc1ccc2c3c1OC1C(O)C=C[C@@H](C=C2)C31CC=O. The van der Waals surface area contributed by atoms with Crippen LogP contribution < -0.4 is 9.47 Å². The van der Waals surface area contributed by atoms with Crippen LogP contribution in [-0.2, 0) is 10.2 Å². The van der Waals surface area contributed by atoms with Gasteiger partial charge in [0.2, 0.25) is 0 Å². The summed E-state index contributed by atoms with van der Waals surface area (Å²) < 4.78 is 11.5. The lowest BCUT2D eigenvalue weighted by Gasteiger charge is -2.43. The van der Waals surface area contributed by atoms with Gasteiger partial charge in [-0.1, -0.05) is 30.4 Å². The first-order valence-electron chi connectivity index (χ1n) is 7.08. The molecule has 0 fully saturated rings. The maximum absolute atomic E-state index is 11.3. The van der Waals surface area contributed by atoms with Crippen molar-refractivity contribution in [3.63, 3.8) is 0 Å². The number of hydrogen-bond donors (Lipinski definition) is 1. The van der Waals surface area contributed by atoms with Crippen LogP contribution in [0.5, 0.6) is 11.5 Å². The van der Waals surface area contributed by atoms with Crippen molar-refractivity contribution >= 4 is 12.4 Å². The monoisotopic (exact) mass is 284 g/mol. The molecule has 3 unspecified atom stereocenters. The molecule has 0 radical (unpaired) electrons. The highest BCUT2D eigenvalue weighted by molar-refractivity contribution is 5.73. The second-order valence-corrected chi connectivity index (χ2v) is 5.77. The summed E-state index contributed by atoms with van der Waals surface area (Å²) in [6.45, 7) is 0. The fourth-order valence-corrected chi connectivity index (χ4v) is 4.02. The molecule has 0 aromatic heterocycles. The highest BCUT2D eigenvalue weighted by Gasteiger charge is 2.58. The van der Waals surface area contributed by atoms with Crippen molar-refractivity contribution in [3.8, 4) is 11.5 Å². The third-order valence-electron chi connectivity index (χ3n) is 4.92. The van der Waals surface area contributed by atoms with Crippen molar-refractivity contribution in [2.75, 3.05) is 7.11 Å². The molecule has 21 heavy (non-hydrogen) atoms. The van der Waals surface area contributed by atoms with E-state index in [0.29, 0.717) is 17.9 Å². The average molecular weight is 284 g/mol. The van der Waals surface area contributed by atoms with Crippen LogP contribution in [0.25, 0.3) is 6.08 Å². The second kappa shape index (κ2) is 4.21. The van der Waals surface area contributed by atoms with Crippen molar-refractivity contribution in [2.24, 2.45) is 5.92 Å². The highest BCUT2D eigenvalue weighted by Crippen LogP contribution is 2.59. The van der Waals surface area contributed by atoms with Crippen LogP contribution in [0.3, 0.4) is 0 Å². The standard InChI is InChI=1S/C17H16O4/c1-20-13-7-3-10-2-4-11-5-6-12(19)16-17(11,8-9-18)14(10)15(13)21-16/h2-7,9,11-12,16,19H,8H2,1H3/t11-,12?,16?,17?/m1/s1. The summed E-state index contributed by atoms with van der Waals surface area (Å²) in [5.74, 6) is 1.37. The van der Waals surface area contributed by atoms with Crippen molar-refractivity contribution < 1.29 is 19.4 Å². The summed E-state index contributed by atoms with van der Waals surface area (Å²) in [5.41, 5.74) is 1.51. The maximum atomic E-state index is 11.3. The molecule has 1 N–H and O–H groups in total. The summed E-state index contributed by atoms with van der Waals surface area (Å²) in [6, 6.07) is 3.85. The van der Waals surface area contributed by atoms with Crippen molar-refractivity contribution in [2.45, 2.75) is 24.0 Å². The summed E-state index contributed by atoms with van der Waals surface area (Å²) >= 11 is 0. The molecule has 0 saturated heterocycles. The number of ether oxygens (including phenoxy) is 2.